The minimum Gasteiger partial charge on any atom is -0.497 e. The van der Waals surface area contributed by atoms with Crippen LogP contribution in [0.25, 0.3) is 0 Å². The van der Waals surface area contributed by atoms with E-state index in [0.29, 0.717) is 50.1 Å². The summed E-state index contributed by atoms with van der Waals surface area (Å²) >= 11 is 1.48. The van der Waals surface area contributed by atoms with Gasteiger partial charge in [0.15, 0.2) is 0 Å². The molecular weight excluding hydrogens is 614 g/mol. The van der Waals surface area contributed by atoms with E-state index in [2.05, 4.69) is 15.6 Å². The molecule has 0 saturated carbocycles. The Kier molecular flexibility index (Phi) is 11.4. The van der Waals surface area contributed by atoms with Crippen molar-refractivity contribution in [3.63, 3.8) is 0 Å². The third-order valence-corrected chi connectivity index (χ3v) is 9.05. The summed E-state index contributed by atoms with van der Waals surface area (Å²) in [5, 5.41) is 20.4. The Hall–Kier alpha value is -4.58. The van der Waals surface area contributed by atoms with Gasteiger partial charge in [-0.05, 0) is 61.2 Å². The molecule has 1 saturated heterocycles. The number of aromatic nitrogens is 1. The largest absolute Gasteiger partial charge is 0.497 e. The summed E-state index contributed by atoms with van der Waals surface area (Å²) in [4.78, 5) is 47.9. The lowest BCUT2D eigenvalue weighted by atomic mass is 9.99. The van der Waals surface area contributed by atoms with Crippen molar-refractivity contribution in [2.75, 3.05) is 32.1 Å². The summed E-state index contributed by atoms with van der Waals surface area (Å²) in [5.41, 5.74) is 3.88. The lowest BCUT2D eigenvalue weighted by Crippen LogP contribution is -2.48. The van der Waals surface area contributed by atoms with Gasteiger partial charge >= 0.3 is 0 Å². The highest BCUT2D eigenvalue weighted by Gasteiger charge is 2.27. The molecule has 1 fully saturated rings. The number of ether oxygens (including phenoxy) is 1. The topological polar surface area (TPSA) is 124 Å². The van der Waals surface area contributed by atoms with Gasteiger partial charge in [-0.1, -0.05) is 42.5 Å². The number of methoxy groups -OCH3 is 1. The van der Waals surface area contributed by atoms with Gasteiger partial charge in [0.25, 0.3) is 11.8 Å². The van der Waals surface area contributed by atoms with Crippen LogP contribution in [0.5, 0.6) is 5.75 Å². The summed E-state index contributed by atoms with van der Waals surface area (Å²) in [5.74, 6) is -0.0344. The average molecular weight is 656 g/mol. The maximum atomic E-state index is 13.9. The maximum absolute atomic E-state index is 13.9. The van der Waals surface area contributed by atoms with Gasteiger partial charge in [0.05, 0.1) is 25.8 Å². The summed E-state index contributed by atoms with van der Waals surface area (Å²) in [6.45, 7) is 3.47. The van der Waals surface area contributed by atoms with Gasteiger partial charge in [0.2, 0.25) is 5.91 Å². The molecule has 1 aliphatic heterocycles. The molecule has 2 atom stereocenters. The van der Waals surface area contributed by atoms with E-state index in [4.69, 9.17) is 4.74 Å². The number of rotatable bonds is 14. The number of aryl methyl sites for hydroxylation is 1. The second-order valence-electron chi connectivity index (χ2n) is 11.8. The zero-order chi connectivity index (χ0) is 33.3. The van der Waals surface area contributed by atoms with E-state index >= 15 is 0 Å². The minimum absolute atomic E-state index is 0.0490. The van der Waals surface area contributed by atoms with Crippen molar-refractivity contribution in [3.8, 4) is 5.75 Å². The molecule has 0 spiro atoms. The summed E-state index contributed by atoms with van der Waals surface area (Å²) in [6, 6.07) is 21.6. The van der Waals surface area contributed by atoms with Gasteiger partial charge < -0.3 is 30.3 Å². The molecule has 246 valence electrons. The molecule has 2 heterocycles. The first-order valence-electron chi connectivity index (χ1n) is 15.7. The molecule has 47 heavy (non-hydrogen) atoms. The van der Waals surface area contributed by atoms with E-state index in [0.717, 1.165) is 27.6 Å². The Bertz CT molecular complexity index is 1690. The van der Waals surface area contributed by atoms with Crippen molar-refractivity contribution in [3.05, 3.63) is 111 Å². The quantitative estimate of drug-likeness (QED) is 0.185. The van der Waals surface area contributed by atoms with Crippen LogP contribution in [-0.4, -0.2) is 72.1 Å². The zero-order valence-corrected chi connectivity index (χ0v) is 27.8. The molecule has 1 aromatic heterocycles. The van der Waals surface area contributed by atoms with Crippen LogP contribution in [-0.2, 0) is 24.3 Å². The number of aliphatic hydroxyl groups is 1. The lowest BCUT2D eigenvalue weighted by molar-refractivity contribution is -0.117. The fourth-order valence-corrected chi connectivity index (χ4v) is 6.43. The van der Waals surface area contributed by atoms with E-state index in [1.54, 1.807) is 42.2 Å². The maximum Gasteiger partial charge on any atom is 0.254 e. The number of benzene rings is 3. The van der Waals surface area contributed by atoms with Crippen LogP contribution in [0.4, 0.5) is 5.69 Å². The smallest absolute Gasteiger partial charge is 0.254 e. The van der Waals surface area contributed by atoms with Crippen LogP contribution in [0.15, 0.2) is 78.2 Å². The number of aliphatic hydroxyl groups excluding tert-OH is 1. The number of nitrogens with one attached hydrogen (secondary N) is 2. The standard InChI is InChI=1S/C36H41N5O5S/c1-24-23-47-33(38-24)22-40(2)36(45)28-17-27(18-29(19-28)41-14-8-13-34(41)43)35(44)39-31(16-25-9-5-4-6-10-25)32(42)21-37-20-26-11-7-12-30(15-26)46-3/h4-7,9-12,15,17-19,23,31-32,37,42H,8,13-14,16,20-22H2,1-3H3,(H,39,44)/t31-,32+/m0/s1. The molecule has 0 aliphatic carbocycles. The molecule has 3 N–H and O–H groups in total. The average Bonchev–Trinajstić information content (AvgIpc) is 3.71. The van der Waals surface area contributed by atoms with Gasteiger partial charge in [-0.15, -0.1) is 11.3 Å². The summed E-state index contributed by atoms with van der Waals surface area (Å²) in [7, 11) is 3.31. The lowest BCUT2D eigenvalue weighted by Gasteiger charge is -2.26. The number of hydrogen-bond donors (Lipinski definition) is 3. The first-order valence-corrected chi connectivity index (χ1v) is 16.6. The van der Waals surface area contributed by atoms with Gasteiger partial charge in [-0.2, -0.15) is 0 Å². The number of nitrogens with zero attached hydrogens (tertiary/aromatic N) is 3. The Morgan fingerprint density at radius 2 is 1.83 bits per heavy atom. The van der Waals surface area contributed by atoms with E-state index in [1.807, 2.05) is 66.9 Å². The van der Waals surface area contributed by atoms with Crippen LogP contribution < -0.4 is 20.3 Å². The number of anilines is 1. The third kappa shape index (κ3) is 9.03. The second kappa shape index (κ2) is 15.8. The Morgan fingerprint density at radius 1 is 1.06 bits per heavy atom. The highest BCUT2D eigenvalue weighted by atomic mass is 32.1. The summed E-state index contributed by atoms with van der Waals surface area (Å²) < 4.78 is 5.31. The van der Waals surface area contributed by atoms with Crippen molar-refractivity contribution in [1.29, 1.82) is 0 Å². The van der Waals surface area contributed by atoms with Crippen LogP contribution in [0.1, 0.15) is 55.4 Å². The molecule has 4 aromatic rings. The van der Waals surface area contributed by atoms with E-state index in [1.165, 1.54) is 11.3 Å². The molecule has 11 heteroatoms. The van der Waals surface area contributed by atoms with Crippen molar-refractivity contribution < 1.29 is 24.2 Å². The van der Waals surface area contributed by atoms with Crippen LogP contribution in [0.2, 0.25) is 0 Å². The molecule has 0 unspecified atom stereocenters. The Balaban J connectivity index is 1.36. The number of carbonyl (C=O) groups is 3. The third-order valence-electron chi connectivity index (χ3n) is 8.09. The number of amides is 3. The first-order chi connectivity index (χ1) is 22.7. The number of thiazole rings is 1. The zero-order valence-electron chi connectivity index (χ0n) is 26.9. The van der Waals surface area contributed by atoms with Crippen molar-refractivity contribution in [1.82, 2.24) is 20.5 Å². The molecule has 5 rings (SSSR count). The fraction of sp³-hybridized carbons (Fsp3) is 0.333. The molecule has 10 nitrogen and oxygen atoms in total. The van der Waals surface area contributed by atoms with Gasteiger partial charge in [-0.3, -0.25) is 14.4 Å². The predicted octanol–water partition coefficient (Wildman–Crippen LogP) is 4.35. The Labute approximate surface area is 279 Å². The number of carbonyl (C=O) groups excluding carboxylic acids is 3. The normalized spacial score (nSPS) is 14.1. The highest BCUT2D eigenvalue weighted by molar-refractivity contribution is 7.09. The van der Waals surface area contributed by atoms with Crippen molar-refractivity contribution in [2.45, 2.75) is 51.4 Å². The molecule has 3 aromatic carbocycles. The molecule has 1 aliphatic rings. The predicted molar refractivity (Wildman–Crippen MR) is 183 cm³/mol. The molecular formula is C36H41N5O5S. The SMILES string of the molecule is COc1cccc(CNC[C@@H](O)[C@H](Cc2ccccc2)NC(=O)c2cc(C(=O)N(C)Cc3nc(C)cs3)cc(N3CCCC3=O)c2)c1. The summed E-state index contributed by atoms with van der Waals surface area (Å²) in [6.07, 6.45) is 0.579. The van der Waals surface area contributed by atoms with Gasteiger partial charge in [-0.25, -0.2) is 4.98 Å². The van der Waals surface area contributed by atoms with Crippen molar-refractivity contribution >= 4 is 34.7 Å². The van der Waals surface area contributed by atoms with Gasteiger partial charge in [0, 0.05) is 61.0 Å². The van der Waals surface area contributed by atoms with Crippen LogP contribution in [0.3, 0.4) is 0 Å². The molecule has 0 radical (unpaired) electrons. The highest BCUT2D eigenvalue weighted by Crippen LogP contribution is 2.26. The van der Waals surface area contributed by atoms with E-state index < -0.39 is 18.1 Å². The first kappa shape index (κ1) is 33.8. The van der Waals surface area contributed by atoms with E-state index in [9.17, 15) is 19.5 Å². The fourth-order valence-electron chi connectivity index (χ4n) is 5.61. The van der Waals surface area contributed by atoms with Crippen LogP contribution in [0, 0.1) is 6.92 Å². The van der Waals surface area contributed by atoms with Crippen molar-refractivity contribution in [2.24, 2.45) is 0 Å². The molecule has 3 amide bonds. The van der Waals surface area contributed by atoms with Gasteiger partial charge in [0.1, 0.15) is 10.8 Å². The Morgan fingerprint density at radius 3 is 2.53 bits per heavy atom. The monoisotopic (exact) mass is 655 g/mol. The molecule has 0 bridgehead atoms. The minimum atomic E-state index is -0.929. The van der Waals surface area contributed by atoms with E-state index in [-0.39, 0.29) is 23.9 Å². The second-order valence-corrected chi connectivity index (χ2v) is 12.7. The number of hydrogen-bond acceptors (Lipinski definition) is 8. The van der Waals surface area contributed by atoms with Crippen LogP contribution >= 0.6 is 11.3 Å².